The molecule has 4 heteroatoms. The van der Waals surface area contributed by atoms with E-state index in [9.17, 15) is 4.79 Å². The van der Waals surface area contributed by atoms with E-state index in [0.29, 0.717) is 25.9 Å². The molecule has 0 radical (unpaired) electrons. The number of aliphatic hydroxyl groups excluding tert-OH is 1. The zero-order valence-electron chi connectivity index (χ0n) is 15.1. The van der Waals surface area contributed by atoms with Gasteiger partial charge in [0, 0.05) is 11.7 Å². The molecule has 0 saturated carbocycles. The second kappa shape index (κ2) is 6.52. The van der Waals surface area contributed by atoms with Crippen LogP contribution in [0.1, 0.15) is 26.1 Å². The van der Waals surface area contributed by atoms with E-state index in [2.05, 4.69) is 5.32 Å². The molecule has 0 bridgehead atoms. The van der Waals surface area contributed by atoms with E-state index in [1.54, 1.807) is 0 Å². The fraction of sp³-hybridized carbons (Fsp3) is 0.500. The van der Waals surface area contributed by atoms with Gasteiger partial charge in [0.25, 0.3) is 0 Å². The summed E-state index contributed by atoms with van der Waals surface area (Å²) in [6, 6.07) is -2.43. The Labute approximate surface area is 115 Å². The highest BCUT2D eigenvalue weighted by Gasteiger charge is 2.25. The number of anilines is 1. The number of aliphatic hydroxyl groups is 1. The number of hydrogen-bond acceptors (Lipinski definition) is 3. The fourth-order valence-corrected chi connectivity index (χ4v) is 2.16. The fourth-order valence-electron chi connectivity index (χ4n) is 2.16. The van der Waals surface area contributed by atoms with Crippen LogP contribution in [0.3, 0.4) is 0 Å². The summed E-state index contributed by atoms with van der Waals surface area (Å²) >= 11 is 0. The van der Waals surface area contributed by atoms with Crippen LogP contribution in [-0.2, 0) is 4.79 Å². The summed E-state index contributed by atoms with van der Waals surface area (Å²) in [6.07, 6.45) is 1.10. The van der Waals surface area contributed by atoms with Crippen LogP contribution in [0.4, 0.5) is 5.69 Å². The Hall–Kier alpha value is -1.39. The summed E-state index contributed by atoms with van der Waals surface area (Å²) < 4.78 is 39.3. The first kappa shape index (κ1) is 7.92. The molecule has 0 atom stereocenters. The zero-order valence-corrected chi connectivity index (χ0v) is 10.1. The van der Waals surface area contributed by atoms with Crippen molar-refractivity contribution in [2.24, 2.45) is 0 Å². The second-order valence-electron chi connectivity index (χ2n) is 4.19. The van der Waals surface area contributed by atoms with Crippen LogP contribution in [0.15, 0.2) is 30.2 Å². The largest absolute Gasteiger partial charge is 0.396 e. The molecule has 1 heterocycles. The van der Waals surface area contributed by atoms with Crippen LogP contribution in [0.25, 0.3) is 0 Å². The van der Waals surface area contributed by atoms with Crippen LogP contribution in [0, 0.1) is 0 Å². The Balaban J connectivity index is 2.57. The van der Waals surface area contributed by atoms with Gasteiger partial charge in [0.2, 0.25) is 5.91 Å². The number of hydrogen-bond donors (Lipinski definition) is 2. The van der Waals surface area contributed by atoms with Gasteiger partial charge in [0.1, 0.15) is 0 Å². The predicted octanol–water partition coefficient (Wildman–Crippen LogP) is 1.15. The Morgan fingerprint density at radius 1 is 1.39 bits per heavy atom. The van der Waals surface area contributed by atoms with Gasteiger partial charge < -0.3 is 15.3 Å². The van der Waals surface area contributed by atoms with Crippen LogP contribution in [-0.4, -0.2) is 36.8 Å². The molecule has 1 saturated heterocycles. The van der Waals surface area contributed by atoms with E-state index in [1.165, 1.54) is 4.90 Å². The lowest BCUT2D eigenvalue weighted by molar-refractivity contribution is -0.119. The summed E-state index contributed by atoms with van der Waals surface area (Å²) in [7, 11) is 0. The number of amides is 1. The molecular weight excluding hydrogens is 228 g/mol. The second-order valence-corrected chi connectivity index (χ2v) is 4.19. The van der Waals surface area contributed by atoms with E-state index in [-0.39, 0.29) is 36.8 Å². The first-order valence-corrected chi connectivity index (χ1v) is 6.10. The molecule has 1 aliphatic rings. The van der Waals surface area contributed by atoms with E-state index in [0.717, 1.165) is 0 Å². The standard InChI is InChI=1S/C14H20N2O2/c17-11-8-14(18)16(12-4-2-1-3-5-12)13-6-9-15-10-7-13/h1-5,13,15,17H,6-11H2/i1D,2D,3D,4D,5D. The highest BCUT2D eigenvalue weighted by molar-refractivity contribution is 5.94. The summed E-state index contributed by atoms with van der Waals surface area (Å²) in [5.74, 6) is -0.432. The molecule has 1 aromatic rings. The third-order valence-electron chi connectivity index (χ3n) is 3.00. The molecule has 4 nitrogen and oxygen atoms in total. The summed E-state index contributed by atoms with van der Waals surface area (Å²) in [5.41, 5.74) is -0.0960. The maximum atomic E-state index is 12.5. The lowest BCUT2D eigenvalue weighted by Gasteiger charge is -2.34. The van der Waals surface area contributed by atoms with Gasteiger partial charge in [-0.05, 0) is 38.0 Å². The van der Waals surface area contributed by atoms with Gasteiger partial charge in [0.15, 0.2) is 0 Å². The highest BCUT2D eigenvalue weighted by Crippen LogP contribution is 2.22. The Kier molecular flexibility index (Phi) is 2.87. The Morgan fingerprint density at radius 2 is 2.06 bits per heavy atom. The number of nitrogens with zero attached hydrogens (tertiary/aromatic N) is 1. The van der Waals surface area contributed by atoms with Crippen molar-refractivity contribution in [1.82, 2.24) is 5.32 Å². The third kappa shape index (κ3) is 3.09. The average molecular weight is 253 g/mol. The molecular formula is C14H20N2O2. The molecule has 98 valence electrons. The van der Waals surface area contributed by atoms with Gasteiger partial charge in [-0.15, -0.1) is 0 Å². The number of carbonyl (C=O) groups excluding carboxylic acids is 1. The van der Waals surface area contributed by atoms with Crippen LogP contribution < -0.4 is 10.2 Å². The van der Waals surface area contributed by atoms with Crippen LogP contribution in [0.2, 0.25) is 0 Å². The minimum absolute atomic E-state index is 0.0960. The molecule has 0 spiro atoms. The number of rotatable bonds is 4. The maximum Gasteiger partial charge on any atom is 0.229 e. The van der Waals surface area contributed by atoms with E-state index in [4.69, 9.17) is 12.0 Å². The third-order valence-corrected chi connectivity index (χ3v) is 3.00. The number of nitrogens with one attached hydrogen (secondary N) is 1. The van der Waals surface area contributed by atoms with Crippen molar-refractivity contribution in [2.75, 3.05) is 24.6 Å². The number of benzene rings is 1. The summed E-state index contributed by atoms with van der Waals surface area (Å²) in [4.78, 5) is 13.8. The smallest absolute Gasteiger partial charge is 0.229 e. The lowest BCUT2D eigenvalue weighted by atomic mass is 10.0. The van der Waals surface area contributed by atoms with Crippen molar-refractivity contribution in [2.45, 2.75) is 25.3 Å². The van der Waals surface area contributed by atoms with Crippen molar-refractivity contribution >= 4 is 11.6 Å². The normalized spacial score (nSPS) is 20.4. The van der Waals surface area contributed by atoms with Gasteiger partial charge in [-0.1, -0.05) is 18.1 Å². The topological polar surface area (TPSA) is 52.6 Å². The van der Waals surface area contributed by atoms with Crippen molar-refractivity contribution < 1.29 is 16.8 Å². The zero-order chi connectivity index (χ0) is 17.1. The van der Waals surface area contributed by atoms with Crippen molar-refractivity contribution in [3.05, 3.63) is 30.2 Å². The molecule has 0 unspecified atom stereocenters. The molecule has 2 N–H and O–H groups in total. The quantitative estimate of drug-likeness (QED) is 0.846. The molecule has 1 aromatic carbocycles. The molecule has 1 aliphatic heterocycles. The van der Waals surface area contributed by atoms with Gasteiger partial charge in [-0.3, -0.25) is 4.79 Å². The summed E-state index contributed by atoms with van der Waals surface area (Å²) in [5, 5.41) is 12.2. The van der Waals surface area contributed by atoms with Gasteiger partial charge >= 0.3 is 0 Å². The molecule has 0 aromatic heterocycles. The van der Waals surface area contributed by atoms with Gasteiger partial charge in [-0.2, -0.15) is 0 Å². The first-order chi connectivity index (χ1) is 10.9. The van der Waals surface area contributed by atoms with E-state index >= 15 is 0 Å². The minimum atomic E-state index is -0.483. The maximum absolute atomic E-state index is 12.5. The number of piperidine rings is 1. The van der Waals surface area contributed by atoms with Crippen molar-refractivity contribution in [3.8, 4) is 0 Å². The predicted molar refractivity (Wildman–Crippen MR) is 71.5 cm³/mol. The average Bonchev–Trinajstić information content (AvgIpc) is 2.56. The monoisotopic (exact) mass is 253 g/mol. The molecule has 0 aliphatic carbocycles. The van der Waals surface area contributed by atoms with Crippen LogP contribution in [0.5, 0.6) is 0 Å². The van der Waals surface area contributed by atoms with E-state index in [1.807, 2.05) is 0 Å². The summed E-state index contributed by atoms with van der Waals surface area (Å²) in [6.45, 7) is 1.03. The van der Waals surface area contributed by atoms with Crippen molar-refractivity contribution in [3.63, 3.8) is 0 Å². The minimum Gasteiger partial charge on any atom is -0.396 e. The van der Waals surface area contributed by atoms with Crippen LogP contribution >= 0.6 is 0 Å². The number of carbonyl (C=O) groups is 1. The van der Waals surface area contributed by atoms with Gasteiger partial charge in [0.05, 0.1) is 19.9 Å². The molecule has 1 amide bonds. The highest BCUT2D eigenvalue weighted by atomic mass is 16.3. The SMILES string of the molecule is [2H]c1c([2H])c([2H])c(N(C(=O)CCO)C2CCNCC2)c([2H])c1[2H]. The van der Waals surface area contributed by atoms with Crippen molar-refractivity contribution in [1.29, 1.82) is 0 Å². The lowest BCUT2D eigenvalue weighted by Crippen LogP contribution is -2.46. The molecule has 2 rings (SSSR count). The Morgan fingerprint density at radius 3 is 2.67 bits per heavy atom. The Bertz CT molecular complexity index is 576. The van der Waals surface area contributed by atoms with E-state index < -0.39 is 24.0 Å². The molecule has 18 heavy (non-hydrogen) atoms. The molecule has 1 fully saturated rings. The first-order valence-electron chi connectivity index (χ1n) is 8.60. The number of para-hydroxylation sites is 1. The van der Waals surface area contributed by atoms with Gasteiger partial charge in [-0.25, -0.2) is 0 Å².